The molecule has 6 nitrogen and oxygen atoms in total. The standard InChI is InChI=1S/C19H25N3O3/c1-19(2,3)22-17-9-7-14(12-20-17)21-18(23)11-13-6-8-15(24-4)16(10-13)25-5/h6-10,12H,11H2,1-5H3,(H,20,22)(H,21,23). The van der Waals surface area contributed by atoms with Crippen LogP contribution in [0.2, 0.25) is 0 Å². The smallest absolute Gasteiger partial charge is 0.228 e. The zero-order chi connectivity index (χ0) is 18.4. The molecule has 2 rings (SSSR count). The Bertz CT molecular complexity index is 722. The highest BCUT2D eigenvalue weighted by atomic mass is 16.5. The molecule has 0 aliphatic carbocycles. The lowest BCUT2D eigenvalue weighted by Crippen LogP contribution is -2.26. The molecule has 2 N–H and O–H groups in total. The van der Waals surface area contributed by atoms with Crippen LogP contribution in [-0.2, 0) is 11.2 Å². The Kier molecular flexibility index (Phi) is 5.85. The summed E-state index contributed by atoms with van der Waals surface area (Å²) in [5.74, 6) is 1.89. The summed E-state index contributed by atoms with van der Waals surface area (Å²) in [4.78, 5) is 16.5. The van der Waals surface area contributed by atoms with Crippen molar-refractivity contribution >= 4 is 17.4 Å². The zero-order valence-corrected chi connectivity index (χ0v) is 15.3. The van der Waals surface area contributed by atoms with Gasteiger partial charge in [-0.2, -0.15) is 0 Å². The van der Waals surface area contributed by atoms with E-state index in [1.807, 2.05) is 18.2 Å². The van der Waals surface area contributed by atoms with Crippen LogP contribution in [0.15, 0.2) is 36.5 Å². The van der Waals surface area contributed by atoms with Gasteiger partial charge in [0, 0.05) is 5.54 Å². The number of carbonyl (C=O) groups is 1. The lowest BCUT2D eigenvalue weighted by Gasteiger charge is -2.21. The molecule has 0 saturated heterocycles. The Labute approximate surface area is 148 Å². The second-order valence-corrected chi connectivity index (χ2v) is 6.72. The molecule has 1 amide bonds. The van der Waals surface area contributed by atoms with Gasteiger partial charge < -0.3 is 20.1 Å². The number of amides is 1. The molecule has 0 fully saturated rings. The Hall–Kier alpha value is -2.76. The van der Waals surface area contributed by atoms with Gasteiger partial charge in [-0.25, -0.2) is 4.98 Å². The molecule has 0 aliphatic rings. The van der Waals surface area contributed by atoms with Crippen LogP contribution in [0.4, 0.5) is 11.5 Å². The summed E-state index contributed by atoms with van der Waals surface area (Å²) in [5.41, 5.74) is 1.43. The van der Waals surface area contributed by atoms with Gasteiger partial charge in [0.25, 0.3) is 0 Å². The van der Waals surface area contributed by atoms with Crippen LogP contribution in [0.25, 0.3) is 0 Å². The van der Waals surface area contributed by atoms with Crippen molar-refractivity contribution in [1.29, 1.82) is 0 Å². The van der Waals surface area contributed by atoms with E-state index in [-0.39, 0.29) is 17.9 Å². The summed E-state index contributed by atoms with van der Waals surface area (Å²) >= 11 is 0. The summed E-state index contributed by atoms with van der Waals surface area (Å²) in [6.45, 7) is 6.19. The molecule has 2 aromatic rings. The van der Waals surface area contributed by atoms with Crippen LogP contribution in [0, 0.1) is 0 Å². The predicted molar refractivity (Wildman–Crippen MR) is 99.5 cm³/mol. The summed E-state index contributed by atoms with van der Waals surface area (Å²) in [7, 11) is 3.15. The van der Waals surface area contributed by atoms with Gasteiger partial charge in [-0.15, -0.1) is 0 Å². The van der Waals surface area contributed by atoms with Gasteiger partial charge >= 0.3 is 0 Å². The molecule has 1 aromatic carbocycles. The minimum Gasteiger partial charge on any atom is -0.493 e. The fraction of sp³-hybridized carbons (Fsp3) is 0.368. The van der Waals surface area contributed by atoms with Crippen molar-refractivity contribution < 1.29 is 14.3 Å². The highest BCUT2D eigenvalue weighted by Gasteiger charge is 2.11. The molecule has 134 valence electrons. The molecule has 0 atom stereocenters. The normalized spacial score (nSPS) is 10.9. The van der Waals surface area contributed by atoms with Crippen molar-refractivity contribution in [2.75, 3.05) is 24.9 Å². The second kappa shape index (κ2) is 7.88. The average molecular weight is 343 g/mol. The number of rotatable bonds is 6. The Balaban J connectivity index is 1.98. The Morgan fingerprint density at radius 1 is 1.08 bits per heavy atom. The van der Waals surface area contributed by atoms with E-state index in [1.54, 1.807) is 32.5 Å². The Morgan fingerprint density at radius 3 is 2.36 bits per heavy atom. The number of aromatic nitrogens is 1. The van der Waals surface area contributed by atoms with Crippen LogP contribution in [0.5, 0.6) is 11.5 Å². The number of hydrogen-bond acceptors (Lipinski definition) is 5. The molecule has 0 radical (unpaired) electrons. The lowest BCUT2D eigenvalue weighted by molar-refractivity contribution is -0.115. The van der Waals surface area contributed by atoms with Crippen LogP contribution in [0.1, 0.15) is 26.3 Å². The number of methoxy groups -OCH3 is 2. The zero-order valence-electron chi connectivity index (χ0n) is 15.3. The number of anilines is 2. The van der Waals surface area contributed by atoms with E-state index in [0.29, 0.717) is 17.2 Å². The monoisotopic (exact) mass is 343 g/mol. The van der Waals surface area contributed by atoms with Crippen LogP contribution < -0.4 is 20.1 Å². The maximum absolute atomic E-state index is 12.2. The third-order valence-electron chi connectivity index (χ3n) is 3.36. The van der Waals surface area contributed by atoms with Gasteiger partial charge in [0.05, 0.1) is 32.5 Å². The van der Waals surface area contributed by atoms with Crippen LogP contribution in [0.3, 0.4) is 0 Å². The minimum atomic E-state index is -0.120. The topological polar surface area (TPSA) is 72.5 Å². The van der Waals surface area contributed by atoms with Crippen molar-refractivity contribution in [3.63, 3.8) is 0 Å². The summed E-state index contributed by atoms with van der Waals surface area (Å²) in [5, 5.41) is 6.12. The van der Waals surface area contributed by atoms with Crippen molar-refractivity contribution in [2.45, 2.75) is 32.7 Å². The number of hydrogen-bond donors (Lipinski definition) is 2. The van der Waals surface area contributed by atoms with Gasteiger partial charge in [0.1, 0.15) is 5.82 Å². The fourth-order valence-electron chi connectivity index (χ4n) is 2.31. The number of ether oxygens (including phenoxy) is 2. The summed E-state index contributed by atoms with van der Waals surface area (Å²) in [6, 6.07) is 9.10. The van der Waals surface area contributed by atoms with E-state index in [0.717, 1.165) is 11.4 Å². The Morgan fingerprint density at radius 2 is 1.80 bits per heavy atom. The van der Waals surface area contributed by atoms with Crippen molar-refractivity contribution in [3.05, 3.63) is 42.1 Å². The molecule has 6 heteroatoms. The number of pyridine rings is 1. The number of nitrogens with one attached hydrogen (secondary N) is 2. The third kappa shape index (κ3) is 5.67. The first kappa shape index (κ1) is 18.6. The van der Waals surface area contributed by atoms with E-state index < -0.39 is 0 Å². The molecule has 1 aromatic heterocycles. The molecule has 1 heterocycles. The van der Waals surface area contributed by atoms with Crippen LogP contribution in [-0.4, -0.2) is 30.6 Å². The van der Waals surface area contributed by atoms with Crippen LogP contribution >= 0.6 is 0 Å². The second-order valence-electron chi connectivity index (χ2n) is 6.72. The van der Waals surface area contributed by atoms with Gasteiger partial charge in [0.15, 0.2) is 11.5 Å². The first-order valence-electron chi connectivity index (χ1n) is 8.06. The highest BCUT2D eigenvalue weighted by Crippen LogP contribution is 2.27. The largest absolute Gasteiger partial charge is 0.493 e. The van der Waals surface area contributed by atoms with E-state index in [9.17, 15) is 4.79 Å². The molecule has 0 saturated carbocycles. The van der Waals surface area contributed by atoms with Crippen molar-refractivity contribution in [1.82, 2.24) is 4.98 Å². The average Bonchev–Trinajstić information content (AvgIpc) is 2.55. The fourth-order valence-corrected chi connectivity index (χ4v) is 2.31. The SMILES string of the molecule is COc1ccc(CC(=O)Nc2ccc(NC(C)(C)C)nc2)cc1OC. The number of nitrogens with zero attached hydrogens (tertiary/aromatic N) is 1. The van der Waals surface area contributed by atoms with Crippen molar-refractivity contribution in [3.8, 4) is 11.5 Å². The molecular formula is C19H25N3O3. The van der Waals surface area contributed by atoms with E-state index in [1.165, 1.54) is 0 Å². The first-order chi connectivity index (χ1) is 11.8. The number of carbonyl (C=O) groups excluding carboxylic acids is 1. The molecule has 0 aliphatic heterocycles. The van der Waals surface area contributed by atoms with E-state index in [2.05, 4.69) is 36.4 Å². The summed E-state index contributed by atoms with van der Waals surface area (Å²) in [6.07, 6.45) is 1.88. The van der Waals surface area contributed by atoms with Gasteiger partial charge in [-0.05, 0) is 50.6 Å². The molecule has 0 unspecified atom stereocenters. The van der Waals surface area contributed by atoms with E-state index in [4.69, 9.17) is 9.47 Å². The maximum atomic E-state index is 12.2. The first-order valence-corrected chi connectivity index (χ1v) is 8.06. The van der Waals surface area contributed by atoms with Gasteiger partial charge in [-0.3, -0.25) is 4.79 Å². The minimum absolute atomic E-state index is 0.0643. The third-order valence-corrected chi connectivity index (χ3v) is 3.36. The maximum Gasteiger partial charge on any atom is 0.228 e. The summed E-state index contributed by atoms with van der Waals surface area (Å²) < 4.78 is 10.5. The predicted octanol–water partition coefficient (Wildman–Crippen LogP) is 3.49. The quantitative estimate of drug-likeness (QED) is 0.840. The van der Waals surface area contributed by atoms with Crippen molar-refractivity contribution in [2.24, 2.45) is 0 Å². The van der Waals surface area contributed by atoms with Gasteiger partial charge in [-0.1, -0.05) is 6.07 Å². The molecule has 0 spiro atoms. The molecular weight excluding hydrogens is 318 g/mol. The lowest BCUT2D eigenvalue weighted by atomic mass is 10.1. The molecule has 0 bridgehead atoms. The van der Waals surface area contributed by atoms with Gasteiger partial charge in [0.2, 0.25) is 5.91 Å². The number of benzene rings is 1. The molecule has 25 heavy (non-hydrogen) atoms. The van der Waals surface area contributed by atoms with E-state index >= 15 is 0 Å². The highest BCUT2D eigenvalue weighted by molar-refractivity contribution is 5.92.